The second-order valence-corrected chi connectivity index (χ2v) is 7.80. The first-order valence-corrected chi connectivity index (χ1v) is 9.65. The Morgan fingerprint density at radius 3 is 2.68 bits per heavy atom. The smallest absolute Gasteiger partial charge is 0.342 e. The molecule has 0 saturated heterocycles. The molecule has 1 aromatic heterocycles. The minimum absolute atomic E-state index is 0.0966. The molecule has 0 spiro atoms. The summed E-state index contributed by atoms with van der Waals surface area (Å²) in [5.74, 6) is -0.964. The van der Waals surface area contributed by atoms with Crippen molar-refractivity contribution in [3.8, 4) is 11.8 Å². The molecule has 1 atom stereocenters. The molecule has 0 fully saturated rings. The van der Waals surface area contributed by atoms with Crippen molar-refractivity contribution in [3.63, 3.8) is 0 Å². The summed E-state index contributed by atoms with van der Waals surface area (Å²) in [4.78, 5) is 28.8. The number of esters is 1. The fraction of sp³-hybridized carbons (Fsp3) is 0.400. The van der Waals surface area contributed by atoms with Gasteiger partial charge in [0.2, 0.25) is 0 Å². The van der Waals surface area contributed by atoms with Gasteiger partial charge in [-0.2, -0.15) is 5.26 Å². The molecule has 0 radical (unpaired) electrons. The van der Waals surface area contributed by atoms with E-state index in [0.717, 1.165) is 10.7 Å². The molecule has 1 heterocycles. The fourth-order valence-electron chi connectivity index (χ4n) is 2.22. The normalized spacial score (nSPS) is 12.7. The third kappa shape index (κ3) is 5.54. The van der Waals surface area contributed by atoms with Crippen molar-refractivity contribution in [3.05, 3.63) is 45.9 Å². The predicted octanol–water partition coefficient (Wildman–Crippen LogP) is 3.24. The molecule has 1 aromatic carbocycles. The summed E-state index contributed by atoms with van der Waals surface area (Å²) in [5.41, 5.74) is -0.0421. The van der Waals surface area contributed by atoms with Gasteiger partial charge in [-0.3, -0.25) is 4.79 Å². The van der Waals surface area contributed by atoms with Crippen LogP contribution in [0.5, 0.6) is 5.75 Å². The molecule has 1 amide bonds. The standard InChI is InChI=1S/C20H23N3O4S/c1-13(2)20(4,12-21)23-18(24)10-27-19(25)16-7-5-6-8-17(16)26-9-15-11-28-14(3)22-15/h5-8,11,13H,9-10H2,1-4H3,(H,23,24)/t20-/m1/s1. The summed E-state index contributed by atoms with van der Waals surface area (Å²) in [5, 5.41) is 14.7. The van der Waals surface area contributed by atoms with E-state index in [2.05, 4.69) is 16.4 Å². The first kappa shape index (κ1) is 21.4. The number of carbonyl (C=O) groups excluding carboxylic acids is 2. The number of benzene rings is 1. The van der Waals surface area contributed by atoms with E-state index in [9.17, 15) is 14.9 Å². The highest BCUT2D eigenvalue weighted by atomic mass is 32.1. The lowest BCUT2D eigenvalue weighted by Gasteiger charge is -2.27. The van der Waals surface area contributed by atoms with E-state index in [1.165, 1.54) is 11.3 Å². The number of rotatable bonds is 8. The molecular weight excluding hydrogens is 378 g/mol. The average Bonchev–Trinajstić information content (AvgIpc) is 3.09. The fourth-order valence-corrected chi connectivity index (χ4v) is 2.82. The Hall–Kier alpha value is -2.92. The van der Waals surface area contributed by atoms with E-state index in [1.54, 1.807) is 31.2 Å². The molecule has 28 heavy (non-hydrogen) atoms. The second kappa shape index (κ2) is 9.33. The number of amides is 1. The van der Waals surface area contributed by atoms with Gasteiger partial charge >= 0.3 is 5.97 Å². The monoisotopic (exact) mass is 401 g/mol. The largest absolute Gasteiger partial charge is 0.486 e. The second-order valence-electron chi connectivity index (χ2n) is 6.74. The summed E-state index contributed by atoms with van der Waals surface area (Å²) in [7, 11) is 0. The van der Waals surface area contributed by atoms with E-state index in [0.29, 0.717) is 5.75 Å². The highest BCUT2D eigenvalue weighted by Gasteiger charge is 2.30. The Labute approximate surface area is 168 Å². The van der Waals surface area contributed by atoms with Gasteiger partial charge in [-0.1, -0.05) is 26.0 Å². The number of hydrogen-bond donors (Lipinski definition) is 1. The maximum atomic E-state index is 12.4. The van der Waals surface area contributed by atoms with Gasteiger partial charge in [-0.05, 0) is 31.9 Å². The van der Waals surface area contributed by atoms with Gasteiger partial charge in [0.05, 0.1) is 16.8 Å². The summed E-state index contributed by atoms with van der Waals surface area (Å²) in [6.07, 6.45) is 0. The molecule has 2 aromatic rings. The van der Waals surface area contributed by atoms with Crippen LogP contribution in [-0.2, 0) is 16.1 Å². The number of nitrogens with zero attached hydrogens (tertiary/aromatic N) is 2. The molecule has 0 aliphatic rings. The van der Waals surface area contributed by atoms with E-state index in [1.807, 2.05) is 26.2 Å². The zero-order chi connectivity index (χ0) is 20.7. The van der Waals surface area contributed by atoms with Gasteiger partial charge in [-0.25, -0.2) is 9.78 Å². The van der Waals surface area contributed by atoms with Crippen LogP contribution in [0.4, 0.5) is 0 Å². The lowest BCUT2D eigenvalue weighted by Crippen LogP contribution is -2.50. The minimum Gasteiger partial charge on any atom is -0.486 e. The first-order valence-electron chi connectivity index (χ1n) is 8.77. The van der Waals surface area contributed by atoms with E-state index < -0.39 is 24.0 Å². The van der Waals surface area contributed by atoms with Gasteiger partial charge in [-0.15, -0.1) is 11.3 Å². The molecule has 7 nitrogen and oxygen atoms in total. The van der Waals surface area contributed by atoms with Gasteiger partial charge < -0.3 is 14.8 Å². The van der Waals surface area contributed by atoms with E-state index >= 15 is 0 Å². The molecule has 148 valence electrons. The highest BCUT2D eigenvalue weighted by molar-refractivity contribution is 7.09. The van der Waals surface area contributed by atoms with Crippen molar-refractivity contribution < 1.29 is 19.1 Å². The number of aromatic nitrogens is 1. The zero-order valence-electron chi connectivity index (χ0n) is 16.3. The molecule has 1 N–H and O–H groups in total. The Morgan fingerprint density at radius 2 is 2.07 bits per heavy atom. The maximum absolute atomic E-state index is 12.4. The SMILES string of the molecule is Cc1nc(COc2ccccc2C(=O)OCC(=O)N[C@](C)(C#N)C(C)C)cs1. The van der Waals surface area contributed by atoms with Gasteiger partial charge in [0.15, 0.2) is 6.61 Å². The summed E-state index contributed by atoms with van der Waals surface area (Å²) < 4.78 is 10.8. The Morgan fingerprint density at radius 1 is 1.36 bits per heavy atom. The summed E-state index contributed by atoms with van der Waals surface area (Å²) in [6.45, 7) is 6.92. The predicted molar refractivity (Wildman–Crippen MR) is 105 cm³/mol. The van der Waals surface area contributed by atoms with E-state index in [4.69, 9.17) is 9.47 Å². The Balaban J connectivity index is 1.97. The quantitative estimate of drug-likeness (QED) is 0.682. The topological polar surface area (TPSA) is 101 Å². The number of aryl methyl sites for hydroxylation is 1. The molecule has 0 saturated carbocycles. The van der Waals surface area contributed by atoms with Crippen molar-refractivity contribution in [2.75, 3.05) is 6.61 Å². The highest BCUT2D eigenvalue weighted by Crippen LogP contribution is 2.21. The molecule has 0 aliphatic carbocycles. The van der Waals surface area contributed by atoms with Crippen LogP contribution in [0.15, 0.2) is 29.6 Å². The van der Waals surface area contributed by atoms with Crippen LogP contribution in [0.25, 0.3) is 0 Å². The third-order valence-corrected chi connectivity index (χ3v) is 5.09. The summed E-state index contributed by atoms with van der Waals surface area (Å²) in [6, 6.07) is 8.72. The van der Waals surface area contributed by atoms with Gasteiger partial charge in [0.25, 0.3) is 5.91 Å². The van der Waals surface area contributed by atoms with Crippen molar-refractivity contribution in [2.24, 2.45) is 5.92 Å². The van der Waals surface area contributed by atoms with Crippen LogP contribution in [0.3, 0.4) is 0 Å². The molecule has 2 rings (SSSR count). The maximum Gasteiger partial charge on any atom is 0.342 e. The first-order chi connectivity index (χ1) is 13.2. The molecule has 0 aliphatic heterocycles. The van der Waals surface area contributed by atoms with Crippen molar-refractivity contribution >= 4 is 23.2 Å². The number of ether oxygens (including phenoxy) is 2. The Bertz CT molecular complexity index is 888. The third-order valence-electron chi connectivity index (χ3n) is 4.27. The number of para-hydroxylation sites is 1. The van der Waals surface area contributed by atoms with Crippen molar-refractivity contribution in [1.82, 2.24) is 10.3 Å². The number of nitrogens with one attached hydrogen (secondary N) is 1. The van der Waals surface area contributed by atoms with Crippen molar-refractivity contribution in [1.29, 1.82) is 5.26 Å². The number of carbonyl (C=O) groups is 2. The molecule has 8 heteroatoms. The van der Waals surface area contributed by atoms with Crippen LogP contribution in [0.1, 0.15) is 41.8 Å². The van der Waals surface area contributed by atoms with Crippen LogP contribution in [0.2, 0.25) is 0 Å². The molecular formula is C20H23N3O4S. The number of hydrogen-bond acceptors (Lipinski definition) is 7. The summed E-state index contributed by atoms with van der Waals surface area (Å²) >= 11 is 1.52. The lowest BCUT2D eigenvalue weighted by molar-refractivity contribution is -0.125. The lowest BCUT2D eigenvalue weighted by atomic mass is 9.90. The Kier molecular flexibility index (Phi) is 7.12. The number of nitriles is 1. The van der Waals surface area contributed by atoms with Gasteiger partial charge in [0.1, 0.15) is 23.5 Å². The zero-order valence-corrected chi connectivity index (χ0v) is 17.1. The average molecular weight is 401 g/mol. The van der Waals surface area contributed by atoms with Crippen LogP contribution in [0, 0.1) is 24.2 Å². The molecule has 0 unspecified atom stereocenters. The molecule has 0 bridgehead atoms. The van der Waals surface area contributed by atoms with Crippen LogP contribution >= 0.6 is 11.3 Å². The van der Waals surface area contributed by atoms with E-state index in [-0.39, 0.29) is 18.1 Å². The van der Waals surface area contributed by atoms with Crippen molar-refractivity contribution in [2.45, 2.75) is 39.8 Å². The van der Waals surface area contributed by atoms with Crippen LogP contribution in [-0.4, -0.2) is 29.0 Å². The number of thiazole rings is 1. The van der Waals surface area contributed by atoms with Gasteiger partial charge in [0, 0.05) is 5.38 Å². The van der Waals surface area contributed by atoms with Crippen LogP contribution < -0.4 is 10.1 Å². The minimum atomic E-state index is -1.03.